The molecule has 78 valence electrons. The number of fused-ring (bicyclic) bond motifs is 1. The number of thiazole rings is 1. The molecule has 0 radical (unpaired) electrons. The maximum absolute atomic E-state index is 10.6. The molecule has 4 nitrogen and oxygen atoms in total. The molecular weight excluding hydrogens is 222 g/mol. The van der Waals surface area contributed by atoms with Crippen molar-refractivity contribution in [1.82, 2.24) is 15.0 Å². The number of aldehydes is 1. The Morgan fingerprint density at radius 3 is 3.12 bits per heavy atom. The molecule has 3 aromatic rings. The van der Waals surface area contributed by atoms with E-state index in [0.717, 1.165) is 27.9 Å². The third kappa shape index (κ3) is 1.42. The van der Waals surface area contributed by atoms with E-state index in [9.17, 15) is 4.79 Å². The number of nitrogens with zero attached hydrogens (tertiary/aromatic N) is 2. The van der Waals surface area contributed by atoms with E-state index < -0.39 is 0 Å². The Bertz CT molecular complexity index is 656. The number of benzene rings is 1. The van der Waals surface area contributed by atoms with Gasteiger partial charge in [-0.25, -0.2) is 9.97 Å². The number of H-pyrrole nitrogens is 1. The fraction of sp³-hybridized carbons (Fsp3) is 0. The van der Waals surface area contributed by atoms with Crippen molar-refractivity contribution in [2.45, 2.75) is 0 Å². The smallest absolute Gasteiger partial charge is 0.169 e. The zero-order chi connectivity index (χ0) is 11.0. The van der Waals surface area contributed by atoms with Crippen molar-refractivity contribution in [3.8, 4) is 10.6 Å². The summed E-state index contributed by atoms with van der Waals surface area (Å²) in [4.78, 5) is 21.9. The fourth-order valence-corrected chi connectivity index (χ4v) is 2.30. The molecule has 2 aromatic heterocycles. The Balaban J connectivity index is 2.13. The van der Waals surface area contributed by atoms with Crippen molar-refractivity contribution in [2.75, 3.05) is 0 Å². The van der Waals surface area contributed by atoms with E-state index in [4.69, 9.17) is 0 Å². The maximum atomic E-state index is 10.6. The second-order valence-electron chi connectivity index (χ2n) is 3.33. The highest BCUT2D eigenvalue weighted by Crippen LogP contribution is 2.25. The van der Waals surface area contributed by atoms with Crippen LogP contribution >= 0.6 is 11.3 Å². The number of hydrogen-bond donors (Lipinski definition) is 1. The molecular formula is C11H7N3OS. The highest BCUT2D eigenvalue weighted by molar-refractivity contribution is 7.13. The normalized spacial score (nSPS) is 10.8. The minimum atomic E-state index is 0.477. The Morgan fingerprint density at radius 1 is 1.38 bits per heavy atom. The number of imidazole rings is 1. The standard InChI is InChI=1S/C11H7N3OS/c15-4-8-5-16-11(14-8)7-1-2-9-10(3-7)13-6-12-9/h1-6H,(H,12,13). The van der Waals surface area contributed by atoms with E-state index in [1.807, 2.05) is 18.2 Å². The van der Waals surface area contributed by atoms with Crippen molar-refractivity contribution in [1.29, 1.82) is 0 Å². The zero-order valence-electron chi connectivity index (χ0n) is 8.18. The zero-order valence-corrected chi connectivity index (χ0v) is 8.99. The molecule has 0 spiro atoms. The van der Waals surface area contributed by atoms with Gasteiger partial charge in [0.1, 0.15) is 10.7 Å². The average Bonchev–Trinajstić information content (AvgIpc) is 2.96. The molecule has 0 fully saturated rings. The summed E-state index contributed by atoms with van der Waals surface area (Å²) in [5, 5.41) is 2.60. The molecule has 0 atom stereocenters. The van der Waals surface area contributed by atoms with Gasteiger partial charge in [0.05, 0.1) is 17.4 Å². The summed E-state index contributed by atoms with van der Waals surface area (Å²) in [6.07, 6.45) is 2.42. The van der Waals surface area contributed by atoms with Gasteiger partial charge in [-0.15, -0.1) is 11.3 Å². The minimum absolute atomic E-state index is 0.477. The predicted molar refractivity (Wildman–Crippen MR) is 62.6 cm³/mol. The SMILES string of the molecule is O=Cc1csc(-c2ccc3nc[nH]c3c2)n1. The van der Waals surface area contributed by atoms with Crippen LogP contribution in [0.5, 0.6) is 0 Å². The molecule has 0 amide bonds. The van der Waals surface area contributed by atoms with Crippen LogP contribution in [0.4, 0.5) is 0 Å². The van der Waals surface area contributed by atoms with Gasteiger partial charge in [0.2, 0.25) is 0 Å². The van der Waals surface area contributed by atoms with Crippen molar-refractivity contribution < 1.29 is 4.79 Å². The van der Waals surface area contributed by atoms with E-state index in [1.165, 1.54) is 11.3 Å². The third-order valence-corrected chi connectivity index (χ3v) is 3.22. The molecule has 0 bridgehead atoms. The first kappa shape index (κ1) is 9.23. The van der Waals surface area contributed by atoms with Crippen LogP contribution < -0.4 is 0 Å². The van der Waals surface area contributed by atoms with Crippen LogP contribution in [0, 0.1) is 0 Å². The number of aromatic amines is 1. The fourth-order valence-electron chi connectivity index (χ4n) is 1.54. The molecule has 0 saturated heterocycles. The average molecular weight is 229 g/mol. The van der Waals surface area contributed by atoms with Crippen molar-refractivity contribution in [3.63, 3.8) is 0 Å². The van der Waals surface area contributed by atoms with Gasteiger partial charge in [-0.1, -0.05) is 0 Å². The Hall–Kier alpha value is -2.01. The van der Waals surface area contributed by atoms with Crippen molar-refractivity contribution in [3.05, 3.63) is 35.6 Å². The first-order chi connectivity index (χ1) is 7.86. The van der Waals surface area contributed by atoms with Gasteiger partial charge in [0.15, 0.2) is 6.29 Å². The van der Waals surface area contributed by atoms with Crippen LogP contribution in [-0.2, 0) is 0 Å². The molecule has 3 rings (SSSR count). The van der Waals surface area contributed by atoms with Gasteiger partial charge in [0, 0.05) is 10.9 Å². The molecule has 1 aromatic carbocycles. The van der Waals surface area contributed by atoms with Gasteiger partial charge >= 0.3 is 0 Å². The minimum Gasteiger partial charge on any atom is -0.345 e. The van der Waals surface area contributed by atoms with Gasteiger partial charge in [0.25, 0.3) is 0 Å². The quantitative estimate of drug-likeness (QED) is 0.687. The molecule has 1 N–H and O–H groups in total. The van der Waals surface area contributed by atoms with E-state index in [2.05, 4.69) is 15.0 Å². The van der Waals surface area contributed by atoms with Gasteiger partial charge in [-0.3, -0.25) is 4.79 Å². The second-order valence-corrected chi connectivity index (χ2v) is 4.19. The molecule has 0 aliphatic carbocycles. The Kier molecular flexibility index (Phi) is 2.04. The van der Waals surface area contributed by atoms with E-state index in [1.54, 1.807) is 11.7 Å². The second kappa shape index (κ2) is 3.53. The van der Waals surface area contributed by atoms with Crippen LogP contribution in [-0.4, -0.2) is 21.2 Å². The first-order valence-electron chi connectivity index (χ1n) is 4.71. The number of carbonyl (C=O) groups excluding carboxylic acids is 1. The lowest BCUT2D eigenvalue weighted by atomic mass is 10.2. The molecule has 0 aliphatic heterocycles. The van der Waals surface area contributed by atoms with Crippen molar-refractivity contribution in [2.24, 2.45) is 0 Å². The molecule has 0 unspecified atom stereocenters. The van der Waals surface area contributed by atoms with Crippen LogP contribution in [0.15, 0.2) is 29.9 Å². The number of hydrogen-bond acceptors (Lipinski definition) is 4. The summed E-state index contributed by atoms with van der Waals surface area (Å²) in [6, 6.07) is 5.87. The number of nitrogens with one attached hydrogen (secondary N) is 1. The largest absolute Gasteiger partial charge is 0.345 e. The first-order valence-corrected chi connectivity index (χ1v) is 5.59. The van der Waals surface area contributed by atoms with Gasteiger partial charge < -0.3 is 4.98 Å². The Labute approximate surface area is 95.0 Å². The van der Waals surface area contributed by atoms with Crippen molar-refractivity contribution >= 4 is 28.7 Å². The lowest BCUT2D eigenvalue weighted by Gasteiger charge is -1.95. The van der Waals surface area contributed by atoms with Crippen LogP contribution in [0.1, 0.15) is 10.5 Å². The maximum Gasteiger partial charge on any atom is 0.169 e. The van der Waals surface area contributed by atoms with E-state index in [-0.39, 0.29) is 0 Å². The lowest BCUT2D eigenvalue weighted by molar-refractivity contribution is 0.111. The summed E-state index contributed by atoms with van der Waals surface area (Å²) >= 11 is 1.46. The third-order valence-electron chi connectivity index (χ3n) is 2.31. The van der Waals surface area contributed by atoms with E-state index in [0.29, 0.717) is 5.69 Å². The summed E-state index contributed by atoms with van der Waals surface area (Å²) in [7, 11) is 0. The molecule has 16 heavy (non-hydrogen) atoms. The summed E-state index contributed by atoms with van der Waals surface area (Å²) in [5.41, 5.74) is 3.37. The topological polar surface area (TPSA) is 58.6 Å². The summed E-state index contributed by atoms with van der Waals surface area (Å²) < 4.78 is 0. The van der Waals surface area contributed by atoms with E-state index >= 15 is 0 Å². The number of rotatable bonds is 2. The molecule has 2 heterocycles. The highest BCUT2D eigenvalue weighted by Gasteiger charge is 2.05. The van der Waals surface area contributed by atoms with Gasteiger partial charge in [-0.05, 0) is 18.2 Å². The van der Waals surface area contributed by atoms with Crippen LogP contribution in [0.25, 0.3) is 21.6 Å². The molecule has 5 heteroatoms. The molecule has 0 aliphatic rings. The predicted octanol–water partition coefficient (Wildman–Crippen LogP) is 2.50. The lowest BCUT2D eigenvalue weighted by Crippen LogP contribution is -1.80. The van der Waals surface area contributed by atoms with Crippen LogP contribution in [0.3, 0.4) is 0 Å². The van der Waals surface area contributed by atoms with Gasteiger partial charge in [-0.2, -0.15) is 0 Å². The molecule has 0 saturated carbocycles. The summed E-state index contributed by atoms with van der Waals surface area (Å²) in [5.74, 6) is 0. The number of carbonyl (C=O) groups is 1. The highest BCUT2D eigenvalue weighted by atomic mass is 32.1. The monoisotopic (exact) mass is 229 g/mol. The summed E-state index contributed by atoms with van der Waals surface area (Å²) in [6.45, 7) is 0. The van der Waals surface area contributed by atoms with Crippen LogP contribution in [0.2, 0.25) is 0 Å². The number of aromatic nitrogens is 3. The Morgan fingerprint density at radius 2 is 2.31 bits per heavy atom.